The lowest BCUT2D eigenvalue weighted by Crippen LogP contribution is -2.54. The zero-order valence-electron chi connectivity index (χ0n) is 16.7. The van der Waals surface area contributed by atoms with Crippen LogP contribution in [0.3, 0.4) is 0 Å². The number of nitrogens with zero attached hydrogens (tertiary/aromatic N) is 2. The van der Waals surface area contributed by atoms with Crippen molar-refractivity contribution >= 4 is 6.03 Å². The van der Waals surface area contributed by atoms with Gasteiger partial charge in [-0.15, -0.1) is 0 Å². The number of rotatable bonds is 5. The number of carbonyl (C=O) groups excluding carboxylic acids is 1. The van der Waals surface area contributed by atoms with Crippen molar-refractivity contribution in [2.75, 3.05) is 26.7 Å². The molecular weight excluding hydrogens is 324 g/mol. The summed E-state index contributed by atoms with van der Waals surface area (Å²) in [6.07, 6.45) is 4.11. The van der Waals surface area contributed by atoms with Gasteiger partial charge in [0, 0.05) is 24.2 Å². The predicted molar refractivity (Wildman–Crippen MR) is 106 cm³/mol. The number of carbonyl (C=O) groups is 1. The molecule has 1 heterocycles. The smallest absolute Gasteiger partial charge is 0.318 e. The summed E-state index contributed by atoms with van der Waals surface area (Å²) in [5, 5.41) is 3.30. The lowest BCUT2D eigenvalue weighted by Gasteiger charge is -2.49. The van der Waals surface area contributed by atoms with Gasteiger partial charge in [-0.05, 0) is 58.7 Å². The molecule has 1 aliphatic heterocycles. The van der Waals surface area contributed by atoms with E-state index in [-0.39, 0.29) is 22.6 Å². The van der Waals surface area contributed by atoms with E-state index in [2.05, 4.69) is 54.5 Å². The normalized spacial score (nSPS) is 29.5. The molecule has 1 saturated heterocycles. The fourth-order valence-electron chi connectivity index (χ4n) is 4.77. The van der Waals surface area contributed by atoms with Gasteiger partial charge in [0.25, 0.3) is 0 Å². The third-order valence-electron chi connectivity index (χ3n) is 6.30. The van der Waals surface area contributed by atoms with E-state index in [1.54, 1.807) is 0 Å². The molecule has 144 valence electrons. The first-order valence-electron chi connectivity index (χ1n) is 9.83. The van der Waals surface area contributed by atoms with E-state index in [1.807, 2.05) is 18.7 Å². The SMILES string of the molecule is CCN(C)C1(c2ccccc2)CCC2(CC1)CN(CC(C)(C)N)C(=O)N2. The van der Waals surface area contributed by atoms with Gasteiger partial charge in [0.15, 0.2) is 0 Å². The Morgan fingerprint density at radius 1 is 1.19 bits per heavy atom. The third kappa shape index (κ3) is 3.60. The Kier molecular flexibility index (Phi) is 5.06. The van der Waals surface area contributed by atoms with E-state index in [1.165, 1.54) is 5.56 Å². The Bertz CT molecular complexity index is 629. The minimum Gasteiger partial charge on any atom is -0.331 e. The van der Waals surface area contributed by atoms with E-state index in [0.717, 1.165) is 38.8 Å². The van der Waals surface area contributed by atoms with Gasteiger partial charge in [-0.25, -0.2) is 4.79 Å². The van der Waals surface area contributed by atoms with Crippen molar-refractivity contribution in [1.29, 1.82) is 0 Å². The summed E-state index contributed by atoms with van der Waals surface area (Å²) in [4.78, 5) is 16.9. The van der Waals surface area contributed by atoms with Crippen LogP contribution < -0.4 is 11.1 Å². The fraction of sp³-hybridized carbons (Fsp3) is 0.667. The van der Waals surface area contributed by atoms with Gasteiger partial charge in [-0.1, -0.05) is 37.3 Å². The first-order valence-corrected chi connectivity index (χ1v) is 9.83. The second-order valence-electron chi connectivity index (χ2n) is 8.97. The maximum Gasteiger partial charge on any atom is 0.318 e. The van der Waals surface area contributed by atoms with Crippen molar-refractivity contribution < 1.29 is 4.79 Å². The molecule has 1 aromatic rings. The molecule has 0 aromatic heterocycles. The van der Waals surface area contributed by atoms with E-state index >= 15 is 0 Å². The molecule has 2 amide bonds. The molecule has 0 bridgehead atoms. The summed E-state index contributed by atoms with van der Waals surface area (Å²) < 4.78 is 0. The predicted octanol–water partition coefficient (Wildman–Crippen LogP) is 2.91. The molecule has 1 spiro atoms. The highest BCUT2D eigenvalue weighted by Gasteiger charge is 2.50. The topological polar surface area (TPSA) is 61.6 Å². The number of amides is 2. The second kappa shape index (κ2) is 6.86. The molecule has 0 atom stereocenters. The molecule has 5 nitrogen and oxygen atoms in total. The second-order valence-corrected chi connectivity index (χ2v) is 8.97. The lowest BCUT2D eigenvalue weighted by molar-refractivity contribution is 0.0459. The van der Waals surface area contributed by atoms with E-state index < -0.39 is 0 Å². The van der Waals surface area contributed by atoms with Gasteiger partial charge in [-0.3, -0.25) is 4.90 Å². The first kappa shape index (κ1) is 19.2. The Labute approximate surface area is 157 Å². The summed E-state index contributed by atoms with van der Waals surface area (Å²) in [5.41, 5.74) is 7.13. The fourth-order valence-corrected chi connectivity index (χ4v) is 4.77. The van der Waals surface area contributed by atoms with Crippen molar-refractivity contribution in [2.45, 2.75) is 63.1 Å². The average Bonchev–Trinajstić information content (AvgIpc) is 2.89. The van der Waals surface area contributed by atoms with Crippen LogP contribution in [0.25, 0.3) is 0 Å². The molecule has 26 heavy (non-hydrogen) atoms. The minimum atomic E-state index is -0.367. The highest BCUT2D eigenvalue weighted by Crippen LogP contribution is 2.46. The van der Waals surface area contributed by atoms with Crippen molar-refractivity contribution in [2.24, 2.45) is 5.73 Å². The number of nitrogens with one attached hydrogen (secondary N) is 1. The Morgan fingerprint density at radius 2 is 1.81 bits per heavy atom. The molecule has 0 radical (unpaired) electrons. The zero-order chi connectivity index (χ0) is 19.0. The van der Waals surface area contributed by atoms with Crippen LogP contribution in [0.5, 0.6) is 0 Å². The third-order valence-corrected chi connectivity index (χ3v) is 6.30. The molecule has 1 saturated carbocycles. The Balaban J connectivity index is 1.78. The van der Waals surface area contributed by atoms with Crippen molar-refractivity contribution in [3.8, 4) is 0 Å². The van der Waals surface area contributed by atoms with E-state index in [0.29, 0.717) is 6.54 Å². The molecule has 3 rings (SSSR count). The maximum atomic E-state index is 12.5. The average molecular weight is 359 g/mol. The van der Waals surface area contributed by atoms with Crippen LogP contribution in [-0.2, 0) is 5.54 Å². The van der Waals surface area contributed by atoms with Gasteiger partial charge in [0.1, 0.15) is 0 Å². The van der Waals surface area contributed by atoms with Crippen molar-refractivity contribution in [3.05, 3.63) is 35.9 Å². The molecule has 0 unspecified atom stereocenters. The highest BCUT2D eigenvalue weighted by atomic mass is 16.2. The van der Waals surface area contributed by atoms with Crippen LogP contribution in [0.15, 0.2) is 30.3 Å². The van der Waals surface area contributed by atoms with Gasteiger partial charge < -0.3 is 16.0 Å². The lowest BCUT2D eigenvalue weighted by atomic mass is 9.68. The number of urea groups is 1. The summed E-state index contributed by atoms with van der Waals surface area (Å²) in [7, 11) is 2.22. The van der Waals surface area contributed by atoms with Crippen molar-refractivity contribution in [3.63, 3.8) is 0 Å². The molecule has 2 aliphatic rings. The number of nitrogens with two attached hydrogens (primary N) is 1. The van der Waals surface area contributed by atoms with Crippen LogP contribution in [0, 0.1) is 0 Å². The number of hydrogen-bond acceptors (Lipinski definition) is 3. The van der Waals surface area contributed by atoms with Gasteiger partial charge in [0.2, 0.25) is 0 Å². The van der Waals surface area contributed by atoms with Crippen LogP contribution in [0.1, 0.15) is 52.0 Å². The summed E-state index contributed by atoms with van der Waals surface area (Å²) in [6, 6.07) is 10.9. The summed E-state index contributed by atoms with van der Waals surface area (Å²) in [5.74, 6) is 0. The van der Waals surface area contributed by atoms with Crippen LogP contribution in [0.2, 0.25) is 0 Å². The maximum absolute atomic E-state index is 12.5. The highest BCUT2D eigenvalue weighted by molar-refractivity contribution is 5.78. The number of benzene rings is 1. The molecule has 2 fully saturated rings. The molecule has 1 aromatic carbocycles. The quantitative estimate of drug-likeness (QED) is 0.851. The van der Waals surface area contributed by atoms with Gasteiger partial charge >= 0.3 is 6.03 Å². The first-order chi connectivity index (χ1) is 12.2. The van der Waals surface area contributed by atoms with E-state index in [4.69, 9.17) is 5.73 Å². The minimum absolute atomic E-state index is 0.0413. The molecule has 5 heteroatoms. The van der Waals surface area contributed by atoms with Crippen molar-refractivity contribution in [1.82, 2.24) is 15.1 Å². The van der Waals surface area contributed by atoms with Crippen LogP contribution in [-0.4, -0.2) is 53.6 Å². The van der Waals surface area contributed by atoms with E-state index in [9.17, 15) is 4.79 Å². The largest absolute Gasteiger partial charge is 0.331 e. The van der Waals surface area contributed by atoms with Crippen LogP contribution >= 0.6 is 0 Å². The zero-order valence-corrected chi connectivity index (χ0v) is 16.7. The molecule has 3 N–H and O–H groups in total. The monoisotopic (exact) mass is 358 g/mol. The standard InChI is InChI=1S/C21H34N4O/c1-5-24(4)21(17-9-7-6-8-10-17)13-11-20(12-14-21)16-25(18(26)23-20)15-19(2,3)22/h6-10H,5,11-16,22H2,1-4H3,(H,23,26). The molecule has 1 aliphatic carbocycles. The Hall–Kier alpha value is -1.59. The van der Waals surface area contributed by atoms with Gasteiger partial charge in [-0.2, -0.15) is 0 Å². The number of hydrogen-bond donors (Lipinski definition) is 2. The van der Waals surface area contributed by atoms with Crippen LogP contribution in [0.4, 0.5) is 4.79 Å². The Morgan fingerprint density at radius 3 is 2.35 bits per heavy atom. The molecular formula is C21H34N4O. The summed E-state index contributed by atoms with van der Waals surface area (Å²) in [6.45, 7) is 8.55. The van der Waals surface area contributed by atoms with Gasteiger partial charge in [0.05, 0.1) is 5.54 Å². The summed E-state index contributed by atoms with van der Waals surface area (Å²) >= 11 is 0.